The highest BCUT2D eigenvalue weighted by Crippen LogP contribution is 2.54. The maximum atomic E-state index is 15.2. The van der Waals surface area contributed by atoms with Gasteiger partial charge >= 0.3 is 10.1 Å². The van der Waals surface area contributed by atoms with Crippen LogP contribution in [0.2, 0.25) is 0 Å². The molecule has 11 heteroatoms. The van der Waals surface area contributed by atoms with Gasteiger partial charge in [-0.3, -0.25) is 4.55 Å². The summed E-state index contributed by atoms with van der Waals surface area (Å²) >= 11 is 0. The maximum Gasteiger partial charge on any atom is 0.339 e. The summed E-state index contributed by atoms with van der Waals surface area (Å²) in [6.07, 6.45) is 11.5. The molecule has 1 aliphatic carbocycles. The average Bonchev–Trinajstić information content (AvgIpc) is 3.92. The zero-order valence-corrected chi connectivity index (χ0v) is 29.4. The molecule has 6 bridgehead atoms. The summed E-state index contributed by atoms with van der Waals surface area (Å²) in [5.41, 5.74) is 4.28. The van der Waals surface area contributed by atoms with Crippen LogP contribution in [-0.4, -0.2) is 58.0 Å². The lowest BCUT2D eigenvalue weighted by Crippen LogP contribution is -2.26. The Kier molecular flexibility index (Phi) is 7.65. The second-order valence-corrected chi connectivity index (χ2v) is 18.7. The molecule has 9 nitrogen and oxygen atoms in total. The fourth-order valence-corrected chi connectivity index (χ4v) is 12.8. The first kappa shape index (κ1) is 31.9. The van der Waals surface area contributed by atoms with Crippen molar-refractivity contribution in [1.82, 2.24) is 0 Å². The van der Waals surface area contributed by atoms with Crippen molar-refractivity contribution in [3.8, 4) is 5.75 Å². The van der Waals surface area contributed by atoms with Crippen molar-refractivity contribution >= 4 is 20.2 Å². The van der Waals surface area contributed by atoms with E-state index < -0.39 is 20.2 Å². The molecule has 0 saturated carbocycles. The summed E-state index contributed by atoms with van der Waals surface area (Å²) in [5.74, 6) is 0.0823. The predicted octanol–water partition coefficient (Wildman–Crippen LogP) is 6.81. The Labute approximate surface area is 283 Å². The first-order valence-corrected chi connectivity index (χ1v) is 21.0. The summed E-state index contributed by atoms with van der Waals surface area (Å²) in [6, 6.07) is 5.73. The number of hydrogen-bond acceptors (Lipinski definition) is 8. The summed E-state index contributed by atoms with van der Waals surface area (Å²) in [5, 5.41) is 0. The monoisotopic (exact) mass is 698 g/mol. The van der Waals surface area contributed by atoms with Crippen molar-refractivity contribution in [2.45, 2.75) is 167 Å². The molecule has 2 aromatic carbocycles. The van der Waals surface area contributed by atoms with E-state index in [2.05, 4.69) is 12.1 Å². The second kappa shape index (κ2) is 11.5. The van der Waals surface area contributed by atoms with Crippen LogP contribution in [0, 0.1) is 0 Å². The molecule has 6 heterocycles. The Balaban J connectivity index is 1.24. The number of ether oxygens (including phenoxy) is 3. The topological polar surface area (TPSA) is 125 Å². The molecule has 6 saturated heterocycles. The van der Waals surface area contributed by atoms with Crippen molar-refractivity contribution < 1.29 is 39.8 Å². The molecule has 48 heavy (non-hydrogen) atoms. The van der Waals surface area contributed by atoms with Crippen molar-refractivity contribution in [3.05, 3.63) is 51.6 Å². The summed E-state index contributed by atoms with van der Waals surface area (Å²) in [7, 11) is -8.94. The van der Waals surface area contributed by atoms with Crippen molar-refractivity contribution in [2.75, 3.05) is 0 Å². The lowest BCUT2D eigenvalue weighted by Gasteiger charge is -2.31. The van der Waals surface area contributed by atoms with Gasteiger partial charge in [0.15, 0.2) is 0 Å². The van der Waals surface area contributed by atoms with Crippen LogP contribution in [0.3, 0.4) is 0 Å². The Morgan fingerprint density at radius 1 is 0.708 bits per heavy atom. The normalized spacial score (nSPS) is 35.2. The lowest BCUT2D eigenvalue weighted by molar-refractivity contribution is 0.0996. The average molecular weight is 699 g/mol. The van der Waals surface area contributed by atoms with Gasteiger partial charge in [0.1, 0.15) is 10.6 Å². The standard InChI is InChI=1S/C37H46O9S2/c1-19(2)26-18-35(47(38,39)40)24-5-3-4-6-25(24)36(26)46-48(41,42)37-30(28-16-22-8-11-33(28)44-22)13-20(27-15-21-7-10-32(27)43-21)14-31(37)29-17-23-9-12-34(29)45-23/h13-14,18-19,21-23,27-29,32-34H,3-12,15-17H2,1-2H3,(H,38,39,40). The molecule has 6 fully saturated rings. The van der Waals surface area contributed by atoms with Gasteiger partial charge in [-0.15, -0.1) is 0 Å². The smallest absolute Gasteiger partial charge is 0.339 e. The molecule has 9 atom stereocenters. The summed E-state index contributed by atoms with van der Waals surface area (Å²) in [4.78, 5) is 0.124. The van der Waals surface area contributed by atoms with Crippen LogP contribution in [-0.2, 0) is 47.3 Å². The van der Waals surface area contributed by atoms with Crippen LogP contribution in [0.15, 0.2) is 28.0 Å². The quantitative estimate of drug-likeness (QED) is 0.234. The van der Waals surface area contributed by atoms with Crippen molar-refractivity contribution in [2.24, 2.45) is 0 Å². The third kappa shape index (κ3) is 5.20. The van der Waals surface area contributed by atoms with Gasteiger partial charge in [0.2, 0.25) is 0 Å². The van der Waals surface area contributed by atoms with Gasteiger partial charge in [-0.05, 0) is 118 Å². The van der Waals surface area contributed by atoms with Crippen LogP contribution in [0.5, 0.6) is 5.75 Å². The fourth-order valence-electron chi connectivity index (χ4n) is 10.5. The van der Waals surface area contributed by atoms with E-state index in [1.54, 1.807) is 0 Å². The Morgan fingerprint density at radius 3 is 1.65 bits per heavy atom. The van der Waals surface area contributed by atoms with Crippen LogP contribution >= 0.6 is 0 Å². The van der Waals surface area contributed by atoms with E-state index in [1.165, 1.54) is 6.07 Å². The largest absolute Gasteiger partial charge is 0.378 e. The van der Waals surface area contributed by atoms with Gasteiger partial charge < -0.3 is 18.4 Å². The van der Waals surface area contributed by atoms with Crippen molar-refractivity contribution in [1.29, 1.82) is 0 Å². The summed E-state index contributed by atoms with van der Waals surface area (Å²) in [6.45, 7) is 3.78. The number of hydrogen-bond donors (Lipinski definition) is 1. The van der Waals surface area contributed by atoms with Gasteiger partial charge in [-0.25, -0.2) is 0 Å². The minimum absolute atomic E-state index is 0.0346. The van der Waals surface area contributed by atoms with Crippen molar-refractivity contribution in [3.63, 3.8) is 0 Å². The molecule has 260 valence electrons. The number of rotatable bonds is 8. The van der Waals surface area contributed by atoms with Gasteiger partial charge in [0.05, 0.1) is 41.5 Å². The van der Waals surface area contributed by atoms with E-state index >= 15 is 8.42 Å². The molecule has 1 N–H and O–H groups in total. The lowest BCUT2D eigenvalue weighted by atomic mass is 9.76. The highest BCUT2D eigenvalue weighted by molar-refractivity contribution is 7.87. The zero-order valence-electron chi connectivity index (χ0n) is 27.7. The first-order chi connectivity index (χ1) is 22.9. The number of fused-ring (bicyclic) bond motifs is 7. The van der Waals surface area contributed by atoms with Crippen LogP contribution in [0.1, 0.15) is 142 Å². The molecule has 9 rings (SSSR count). The number of benzene rings is 2. The Morgan fingerprint density at radius 2 is 1.21 bits per heavy atom. The molecular formula is C37H46O9S2. The molecule has 0 amide bonds. The SMILES string of the molecule is CC(C)c1cc(S(=O)(=O)O)c2c(c1OS(=O)(=O)c1c(C3CC4CCC3O4)cc(C3CC4CCC3O4)cc1C1CC3CCC1O3)CCCC2. The van der Waals surface area contributed by atoms with Crippen LogP contribution < -0.4 is 4.18 Å². The van der Waals surface area contributed by atoms with E-state index in [-0.39, 0.29) is 75.8 Å². The van der Waals surface area contributed by atoms with Gasteiger partial charge in [0.25, 0.3) is 10.1 Å². The van der Waals surface area contributed by atoms with E-state index in [0.29, 0.717) is 29.5 Å². The Bertz CT molecular complexity index is 1820. The molecule has 0 radical (unpaired) electrons. The maximum absolute atomic E-state index is 15.2. The fraction of sp³-hybridized carbons (Fsp3) is 0.676. The minimum atomic E-state index is -4.52. The minimum Gasteiger partial charge on any atom is -0.378 e. The van der Waals surface area contributed by atoms with E-state index in [0.717, 1.165) is 87.3 Å². The third-order valence-corrected chi connectivity index (χ3v) is 14.9. The molecule has 0 aromatic heterocycles. The van der Waals surface area contributed by atoms with Gasteiger partial charge in [-0.2, -0.15) is 16.8 Å². The molecule has 6 aliphatic heterocycles. The summed E-state index contributed by atoms with van der Waals surface area (Å²) < 4.78 is 91.1. The van der Waals surface area contributed by atoms with Gasteiger partial charge in [0, 0.05) is 28.9 Å². The molecule has 9 unspecified atom stereocenters. The Hall–Kier alpha value is -2.02. The molecule has 2 aromatic rings. The van der Waals surface area contributed by atoms with E-state index in [1.807, 2.05) is 13.8 Å². The third-order valence-electron chi connectivity index (χ3n) is 12.6. The van der Waals surface area contributed by atoms with E-state index in [9.17, 15) is 13.0 Å². The van der Waals surface area contributed by atoms with E-state index in [4.69, 9.17) is 18.4 Å². The second-order valence-electron chi connectivity index (χ2n) is 15.8. The zero-order chi connectivity index (χ0) is 33.1. The van der Waals surface area contributed by atoms with Gasteiger partial charge in [-0.1, -0.05) is 26.0 Å². The highest BCUT2D eigenvalue weighted by Gasteiger charge is 2.49. The predicted molar refractivity (Wildman–Crippen MR) is 177 cm³/mol. The van der Waals surface area contributed by atoms with Crippen LogP contribution in [0.4, 0.5) is 0 Å². The first-order valence-electron chi connectivity index (χ1n) is 18.2. The molecule has 7 aliphatic rings. The molecular weight excluding hydrogens is 653 g/mol. The van der Waals surface area contributed by atoms with Crippen LogP contribution in [0.25, 0.3) is 0 Å². The molecule has 0 spiro atoms. The highest BCUT2D eigenvalue weighted by atomic mass is 32.2.